The van der Waals surface area contributed by atoms with Gasteiger partial charge >= 0.3 is 5.97 Å². The number of fused-ring (bicyclic) bond motifs is 1. The number of carboxylic acids is 1. The van der Waals surface area contributed by atoms with Crippen LogP contribution in [-0.2, 0) is 28.9 Å². The van der Waals surface area contributed by atoms with Gasteiger partial charge in [-0.3, -0.25) is 9.59 Å². The summed E-state index contributed by atoms with van der Waals surface area (Å²) < 4.78 is 7.35. The molecule has 0 unspecified atom stereocenters. The summed E-state index contributed by atoms with van der Waals surface area (Å²) in [5.74, 6) is -3.18. The number of hydrogen-bond donors (Lipinski definition) is 2. The lowest BCUT2D eigenvalue weighted by molar-refractivity contribution is -0.139. The molecule has 2 heterocycles. The molecule has 0 fully saturated rings. The molecular weight excluding hydrogens is 446 g/mol. The Morgan fingerprint density at radius 2 is 1.57 bits per heavy atom. The van der Waals surface area contributed by atoms with Crippen LogP contribution in [0.2, 0.25) is 0 Å². The van der Waals surface area contributed by atoms with Crippen molar-refractivity contribution in [2.24, 2.45) is 5.73 Å². The number of carboxylic acid groups (broad SMARTS) is 1. The van der Waals surface area contributed by atoms with E-state index in [4.69, 9.17) is 10.5 Å². The van der Waals surface area contributed by atoms with E-state index in [2.05, 4.69) is 4.98 Å². The zero-order valence-electron chi connectivity index (χ0n) is 19.2. The summed E-state index contributed by atoms with van der Waals surface area (Å²) in [7, 11) is 0. The zero-order valence-corrected chi connectivity index (χ0v) is 19.2. The van der Waals surface area contributed by atoms with E-state index in [0.29, 0.717) is 30.5 Å². The van der Waals surface area contributed by atoms with Crippen LogP contribution in [-0.4, -0.2) is 38.8 Å². The predicted molar refractivity (Wildman–Crippen MR) is 130 cm³/mol. The van der Waals surface area contributed by atoms with E-state index in [0.717, 1.165) is 16.8 Å². The van der Waals surface area contributed by atoms with E-state index in [-0.39, 0.29) is 17.0 Å². The normalized spacial score (nSPS) is 10.9. The SMILES string of the molecule is CCc1c(C(=O)C(N)=O)c2c(OCC(=O)O)nc(Cc3ccccc3)cn2c1Cc1ccccc1. The summed E-state index contributed by atoms with van der Waals surface area (Å²) in [6.45, 7) is 1.24. The number of aliphatic carboxylic acids is 1. The van der Waals surface area contributed by atoms with Crippen molar-refractivity contribution in [3.8, 4) is 5.88 Å². The first kappa shape index (κ1) is 23.7. The molecule has 8 heteroatoms. The Morgan fingerprint density at radius 1 is 0.971 bits per heavy atom. The maximum Gasteiger partial charge on any atom is 0.341 e. The third-order valence-corrected chi connectivity index (χ3v) is 5.72. The molecule has 35 heavy (non-hydrogen) atoms. The summed E-state index contributed by atoms with van der Waals surface area (Å²) in [5, 5.41) is 9.22. The molecule has 1 amide bonds. The van der Waals surface area contributed by atoms with Gasteiger partial charge in [0.15, 0.2) is 6.61 Å². The van der Waals surface area contributed by atoms with E-state index in [9.17, 15) is 19.5 Å². The Hall–Kier alpha value is -4.46. The van der Waals surface area contributed by atoms with Crippen LogP contribution in [0, 0.1) is 0 Å². The lowest BCUT2D eigenvalue weighted by Gasteiger charge is -2.12. The number of carbonyl (C=O) groups excluding carboxylic acids is 2. The van der Waals surface area contributed by atoms with Crippen LogP contribution in [0.4, 0.5) is 0 Å². The molecule has 4 aromatic rings. The fraction of sp³-hybridized carbons (Fsp3) is 0.185. The first-order chi connectivity index (χ1) is 16.9. The molecule has 178 valence electrons. The summed E-state index contributed by atoms with van der Waals surface area (Å²) in [6.07, 6.45) is 3.20. The fourth-order valence-corrected chi connectivity index (χ4v) is 4.25. The van der Waals surface area contributed by atoms with E-state index in [1.165, 1.54) is 0 Å². The monoisotopic (exact) mass is 471 g/mol. The highest BCUT2D eigenvalue weighted by Crippen LogP contribution is 2.33. The maximum atomic E-state index is 13.0. The van der Waals surface area contributed by atoms with Crippen LogP contribution in [0.3, 0.4) is 0 Å². The predicted octanol–water partition coefficient (Wildman–Crippen LogP) is 3.21. The van der Waals surface area contributed by atoms with Crippen molar-refractivity contribution in [2.45, 2.75) is 26.2 Å². The van der Waals surface area contributed by atoms with Crippen LogP contribution < -0.4 is 10.5 Å². The number of amides is 1. The number of nitrogens with two attached hydrogens (primary N) is 1. The van der Waals surface area contributed by atoms with Crippen molar-refractivity contribution in [3.05, 3.63) is 101 Å². The standard InChI is InChI=1S/C27H25N3O5/c1-2-20-21(14-18-11-7-4-8-12-18)30-15-19(13-17-9-5-3-6-10-17)29-27(35-16-22(31)32)24(30)23(20)25(33)26(28)34/h3-12,15H,2,13-14,16H2,1H3,(H2,28,34)(H,31,32). The fourth-order valence-electron chi connectivity index (χ4n) is 4.25. The van der Waals surface area contributed by atoms with Crippen molar-refractivity contribution in [1.82, 2.24) is 9.38 Å². The number of aromatic nitrogens is 2. The van der Waals surface area contributed by atoms with Gasteiger partial charge in [-0.25, -0.2) is 9.78 Å². The molecule has 0 radical (unpaired) electrons. The van der Waals surface area contributed by atoms with Crippen molar-refractivity contribution >= 4 is 23.2 Å². The van der Waals surface area contributed by atoms with Gasteiger partial charge in [0.2, 0.25) is 5.88 Å². The minimum absolute atomic E-state index is 0.0283. The van der Waals surface area contributed by atoms with Crippen LogP contribution >= 0.6 is 0 Å². The van der Waals surface area contributed by atoms with Crippen molar-refractivity contribution in [2.75, 3.05) is 6.61 Å². The number of hydrogen-bond acceptors (Lipinski definition) is 5. The third-order valence-electron chi connectivity index (χ3n) is 5.72. The molecule has 0 aliphatic carbocycles. The summed E-state index contributed by atoms with van der Waals surface area (Å²) in [5.41, 5.74) is 9.81. The van der Waals surface area contributed by atoms with Gasteiger partial charge in [-0.1, -0.05) is 67.6 Å². The number of Topliss-reactive ketones (excluding diaryl/α,β-unsaturated/α-hetero) is 1. The lowest BCUT2D eigenvalue weighted by atomic mass is 9.99. The Balaban J connectivity index is 2.00. The zero-order chi connectivity index (χ0) is 24.9. The number of ketones is 1. The highest BCUT2D eigenvalue weighted by molar-refractivity contribution is 6.44. The number of benzene rings is 2. The molecule has 0 saturated carbocycles. The summed E-state index contributed by atoms with van der Waals surface area (Å²) in [4.78, 5) is 40.8. The largest absolute Gasteiger partial charge is 0.479 e. The molecule has 0 spiro atoms. The molecule has 2 aromatic carbocycles. The minimum atomic E-state index is -1.19. The van der Waals surface area contributed by atoms with Gasteiger partial charge in [0, 0.05) is 24.7 Å². The number of carbonyl (C=O) groups is 3. The molecule has 8 nitrogen and oxygen atoms in total. The summed E-state index contributed by atoms with van der Waals surface area (Å²) in [6, 6.07) is 19.4. The van der Waals surface area contributed by atoms with Crippen LogP contribution in [0.5, 0.6) is 5.88 Å². The average molecular weight is 472 g/mol. The molecule has 3 N–H and O–H groups in total. The van der Waals surface area contributed by atoms with E-state index in [1.807, 2.05) is 73.8 Å². The molecule has 0 bridgehead atoms. The number of primary amides is 1. The smallest absolute Gasteiger partial charge is 0.341 e. The first-order valence-electron chi connectivity index (χ1n) is 11.2. The van der Waals surface area contributed by atoms with Crippen molar-refractivity contribution < 1.29 is 24.2 Å². The molecule has 0 saturated heterocycles. The van der Waals surface area contributed by atoms with Gasteiger partial charge in [-0.2, -0.15) is 0 Å². The third kappa shape index (κ3) is 5.06. The van der Waals surface area contributed by atoms with Gasteiger partial charge in [0.05, 0.1) is 11.3 Å². The molecular formula is C27H25N3O5. The van der Waals surface area contributed by atoms with Crippen LogP contribution in [0.15, 0.2) is 66.9 Å². The minimum Gasteiger partial charge on any atom is -0.479 e. The van der Waals surface area contributed by atoms with Crippen LogP contribution in [0.25, 0.3) is 5.52 Å². The van der Waals surface area contributed by atoms with Gasteiger partial charge in [-0.05, 0) is 23.1 Å². The van der Waals surface area contributed by atoms with Gasteiger partial charge < -0.3 is 20.0 Å². The van der Waals surface area contributed by atoms with E-state index < -0.39 is 24.3 Å². The quantitative estimate of drug-likeness (QED) is 0.270. The number of ether oxygens (including phenoxy) is 1. The van der Waals surface area contributed by atoms with E-state index in [1.54, 1.807) is 4.40 Å². The average Bonchev–Trinajstić information content (AvgIpc) is 3.16. The molecule has 0 atom stereocenters. The van der Waals surface area contributed by atoms with Gasteiger partial charge in [-0.15, -0.1) is 0 Å². The number of nitrogens with zero attached hydrogens (tertiary/aromatic N) is 2. The van der Waals surface area contributed by atoms with Crippen molar-refractivity contribution in [3.63, 3.8) is 0 Å². The Morgan fingerprint density at radius 3 is 2.11 bits per heavy atom. The second-order valence-electron chi connectivity index (χ2n) is 8.11. The molecule has 0 aliphatic rings. The lowest BCUT2D eigenvalue weighted by Crippen LogP contribution is -2.24. The summed E-state index contributed by atoms with van der Waals surface area (Å²) >= 11 is 0. The Bertz CT molecular complexity index is 1400. The van der Waals surface area contributed by atoms with Crippen molar-refractivity contribution in [1.29, 1.82) is 0 Å². The topological polar surface area (TPSA) is 124 Å². The highest BCUT2D eigenvalue weighted by atomic mass is 16.5. The maximum absolute atomic E-state index is 13.0. The Labute approximate surface area is 202 Å². The highest BCUT2D eigenvalue weighted by Gasteiger charge is 2.29. The second kappa shape index (κ2) is 10.2. The molecule has 4 rings (SSSR count). The van der Waals surface area contributed by atoms with E-state index >= 15 is 0 Å². The van der Waals surface area contributed by atoms with Crippen LogP contribution in [0.1, 0.15) is 45.4 Å². The Kier molecular flexibility index (Phi) is 6.91. The molecule has 2 aromatic heterocycles. The second-order valence-corrected chi connectivity index (χ2v) is 8.11. The van der Waals surface area contributed by atoms with Gasteiger partial charge in [0.1, 0.15) is 5.52 Å². The first-order valence-corrected chi connectivity index (χ1v) is 11.2. The van der Waals surface area contributed by atoms with Gasteiger partial charge in [0.25, 0.3) is 11.7 Å². The molecule has 0 aliphatic heterocycles. The number of rotatable bonds is 10.